The van der Waals surface area contributed by atoms with Crippen LogP contribution in [0.1, 0.15) is 36.7 Å². The number of para-hydroxylation sites is 1. The molecule has 0 saturated heterocycles. The van der Waals surface area contributed by atoms with E-state index in [1.54, 1.807) is 49.7 Å². The molecule has 0 unspecified atom stereocenters. The van der Waals surface area contributed by atoms with Gasteiger partial charge in [-0.1, -0.05) is 39.0 Å². The van der Waals surface area contributed by atoms with Crippen LogP contribution in [0.25, 0.3) is 0 Å². The number of hydrogen-bond acceptors (Lipinski definition) is 5. The van der Waals surface area contributed by atoms with Crippen molar-refractivity contribution in [1.82, 2.24) is 10.3 Å². The summed E-state index contributed by atoms with van der Waals surface area (Å²) < 4.78 is 11.1. The van der Waals surface area contributed by atoms with Crippen molar-refractivity contribution in [3.05, 3.63) is 78.0 Å². The Morgan fingerprint density at radius 2 is 1.69 bits per heavy atom. The number of amides is 2. The summed E-state index contributed by atoms with van der Waals surface area (Å²) in [4.78, 5) is 29.0. The zero-order chi connectivity index (χ0) is 23.1. The van der Waals surface area contributed by atoms with Crippen LogP contribution in [0, 0.1) is 0 Å². The van der Waals surface area contributed by atoms with Crippen molar-refractivity contribution < 1.29 is 19.1 Å². The van der Waals surface area contributed by atoms with Crippen molar-refractivity contribution in [1.29, 1.82) is 0 Å². The Morgan fingerprint density at radius 1 is 0.969 bits per heavy atom. The third-order valence-electron chi connectivity index (χ3n) is 4.74. The topological polar surface area (TPSA) is 89.5 Å². The normalized spacial score (nSPS) is 10.9. The molecule has 7 nitrogen and oxygen atoms in total. The van der Waals surface area contributed by atoms with Gasteiger partial charge in [0, 0.05) is 17.3 Å². The minimum absolute atomic E-state index is 0.127. The van der Waals surface area contributed by atoms with Gasteiger partial charge in [-0.3, -0.25) is 4.79 Å². The second-order valence-electron chi connectivity index (χ2n) is 8.16. The summed E-state index contributed by atoms with van der Waals surface area (Å²) in [6.07, 6.45) is 1.59. The van der Waals surface area contributed by atoms with Crippen molar-refractivity contribution in [2.24, 2.45) is 0 Å². The van der Waals surface area contributed by atoms with Gasteiger partial charge < -0.3 is 20.1 Å². The molecule has 2 N–H and O–H groups in total. The Hall–Kier alpha value is -3.87. The third-order valence-corrected chi connectivity index (χ3v) is 4.74. The maximum Gasteiger partial charge on any atom is 0.319 e. The number of ether oxygens (including phenoxy) is 2. The lowest BCUT2D eigenvalue weighted by molar-refractivity contribution is 0.0993. The highest BCUT2D eigenvalue weighted by molar-refractivity contribution is 6.01. The summed E-state index contributed by atoms with van der Waals surface area (Å²) in [6, 6.07) is 17.3. The number of rotatable bonds is 7. The van der Waals surface area contributed by atoms with Crippen molar-refractivity contribution in [2.45, 2.75) is 26.2 Å². The highest BCUT2D eigenvalue weighted by atomic mass is 16.5. The van der Waals surface area contributed by atoms with Crippen molar-refractivity contribution in [3.63, 3.8) is 0 Å². The smallest absolute Gasteiger partial charge is 0.319 e. The first kappa shape index (κ1) is 22.8. The molecule has 0 bridgehead atoms. The van der Waals surface area contributed by atoms with E-state index < -0.39 is 6.03 Å². The zero-order valence-electron chi connectivity index (χ0n) is 18.6. The van der Waals surface area contributed by atoms with Crippen LogP contribution in [0.15, 0.2) is 66.9 Å². The van der Waals surface area contributed by atoms with Crippen LogP contribution in [0.4, 0.5) is 10.5 Å². The van der Waals surface area contributed by atoms with E-state index in [2.05, 4.69) is 36.4 Å². The number of hydrogen-bond donors (Lipinski definition) is 2. The van der Waals surface area contributed by atoms with Gasteiger partial charge in [-0.15, -0.1) is 0 Å². The monoisotopic (exact) mass is 433 g/mol. The molecule has 0 aliphatic rings. The molecule has 0 radical (unpaired) electrons. The maximum absolute atomic E-state index is 12.4. The standard InChI is InChI=1S/C25H27N3O4/c1-25(2,3)19-8-5-6-10-22(19)32-23-20(9-7-15-26-23)28-24(30)27-16-21(29)17-11-13-18(31-4)14-12-17/h5-15H,16H2,1-4H3,(H2,27,28,30). The molecule has 0 saturated carbocycles. The van der Waals surface area contributed by atoms with Gasteiger partial charge in [-0.05, 0) is 47.9 Å². The molecule has 1 heterocycles. The van der Waals surface area contributed by atoms with Crippen molar-refractivity contribution >= 4 is 17.5 Å². The molecule has 166 valence electrons. The van der Waals surface area contributed by atoms with E-state index >= 15 is 0 Å². The average Bonchev–Trinajstić information content (AvgIpc) is 2.78. The molecule has 1 aromatic heterocycles. The second kappa shape index (κ2) is 9.96. The first-order chi connectivity index (χ1) is 15.3. The van der Waals surface area contributed by atoms with Crippen molar-refractivity contribution in [2.75, 3.05) is 19.0 Å². The molecule has 3 rings (SSSR count). The number of nitrogens with one attached hydrogen (secondary N) is 2. The number of Topliss-reactive ketones (excluding diaryl/α,β-unsaturated/α-hetero) is 1. The molecule has 32 heavy (non-hydrogen) atoms. The number of pyridine rings is 1. The fourth-order valence-electron chi connectivity index (χ4n) is 3.05. The Kier molecular flexibility index (Phi) is 7.10. The Balaban J connectivity index is 1.66. The van der Waals surface area contributed by atoms with Crippen LogP contribution in [0.5, 0.6) is 17.4 Å². The quantitative estimate of drug-likeness (QED) is 0.501. The van der Waals surface area contributed by atoms with Gasteiger partial charge in [0.2, 0.25) is 5.88 Å². The first-order valence-corrected chi connectivity index (χ1v) is 10.2. The number of methoxy groups -OCH3 is 1. The van der Waals surface area contributed by atoms with E-state index in [4.69, 9.17) is 9.47 Å². The van der Waals surface area contributed by atoms with Gasteiger partial charge >= 0.3 is 6.03 Å². The number of nitrogens with zero attached hydrogens (tertiary/aromatic N) is 1. The SMILES string of the molecule is COc1ccc(C(=O)CNC(=O)Nc2cccnc2Oc2ccccc2C(C)(C)C)cc1. The van der Waals surface area contributed by atoms with E-state index in [0.717, 1.165) is 5.56 Å². The van der Waals surface area contributed by atoms with Gasteiger partial charge in [-0.25, -0.2) is 9.78 Å². The van der Waals surface area contributed by atoms with Crippen molar-refractivity contribution in [3.8, 4) is 17.4 Å². The molecule has 0 aliphatic heterocycles. The molecule has 2 amide bonds. The lowest BCUT2D eigenvalue weighted by Crippen LogP contribution is -2.33. The van der Waals surface area contributed by atoms with Crippen LogP contribution in [-0.2, 0) is 5.41 Å². The molecular weight excluding hydrogens is 406 g/mol. The van der Waals surface area contributed by atoms with Gasteiger partial charge in [0.25, 0.3) is 0 Å². The minimum atomic E-state index is -0.534. The number of ketones is 1. The van der Waals surface area contributed by atoms with Crippen LogP contribution >= 0.6 is 0 Å². The number of aromatic nitrogens is 1. The minimum Gasteiger partial charge on any atom is -0.497 e. The summed E-state index contributed by atoms with van der Waals surface area (Å²) >= 11 is 0. The Morgan fingerprint density at radius 3 is 2.38 bits per heavy atom. The highest BCUT2D eigenvalue weighted by Gasteiger charge is 2.20. The summed E-state index contributed by atoms with van der Waals surface area (Å²) in [7, 11) is 1.56. The maximum atomic E-state index is 12.4. The fourth-order valence-corrected chi connectivity index (χ4v) is 3.05. The van der Waals surface area contributed by atoms with Gasteiger partial charge in [0.1, 0.15) is 17.2 Å². The molecule has 0 atom stereocenters. The molecule has 2 aromatic carbocycles. The summed E-state index contributed by atoms with van der Waals surface area (Å²) in [6.45, 7) is 6.14. The lowest BCUT2D eigenvalue weighted by Gasteiger charge is -2.22. The molecule has 0 spiro atoms. The fraction of sp³-hybridized carbons (Fsp3) is 0.240. The highest BCUT2D eigenvalue weighted by Crippen LogP contribution is 2.35. The summed E-state index contributed by atoms with van der Waals surface area (Å²) in [5, 5.41) is 5.27. The number of carbonyl (C=O) groups excluding carboxylic acids is 2. The van der Waals surface area contributed by atoms with E-state index in [-0.39, 0.29) is 23.6 Å². The Bertz CT molecular complexity index is 1090. The van der Waals surface area contributed by atoms with E-state index in [9.17, 15) is 9.59 Å². The predicted octanol–water partition coefficient (Wildman–Crippen LogP) is 5.18. The van der Waals surface area contributed by atoms with Gasteiger partial charge in [0.05, 0.1) is 13.7 Å². The molecule has 0 aliphatic carbocycles. The number of anilines is 1. The van der Waals surface area contributed by atoms with Gasteiger partial charge in [0.15, 0.2) is 5.78 Å². The third kappa shape index (κ3) is 5.85. The summed E-state index contributed by atoms with van der Waals surface area (Å²) in [5.41, 5.74) is 1.77. The van der Waals surface area contributed by atoms with Crippen LogP contribution < -0.4 is 20.1 Å². The lowest BCUT2D eigenvalue weighted by atomic mass is 9.86. The van der Waals surface area contributed by atoms with E-state index in [1.807, 2.05) is 24.3 Å². The van der Waals surface area contributed by atoms with E-state index in [1.165, 1.54) is 0 Å². The predicted molar refractivity (Wildman–Crippen MR) is 124 cm³/mol. The number of benzene rings is 2. The first-order valence-electron chi connectivity index (χ1n) is 10.2. The van der Waals surface area contributed by atoms with Crippen LogP contribution in [0.2, 0.25) is 0 Å². The molecule has 0 fully saturated rings. The zero-order valence-corrected chi connectivity index (χ0v) is 18.6. The second-order valence-corrected chi connectivity index (χ2v) is 8.16. The largest absolute Gasteiger partial charge is 0.497 e. The summed E-state index contributed by atoms with van der Waals surface area (Å²) in [5.74, 6) is 1.37. The van der Waals surface area contributed by atoms with Crippen LogP contribution in [0.3, 0.4) is 0 Å². The Labute approximate surface area is 187 Å². The molecule has 7 heteroatoms. The average molecular weight is 434 g/mol. The van der Waals surface area contributed by atoms with Crippen LogP contribution in [-0.4, -0.2) is 30.5 Å². The molecule has 3 aromatic rings. The number of urea groups is 1. The van der Waals surface area contributed by atoms with E-state index in [0.29, 0.717) is 22.7 Å². The molecular formula is C25H27N3O4. The number of carbonyl (C=O) groups is 2. The van der Waals surface area contributed by atoms with Gasteiger partial charge in [-0.2, -0.15) is 0 Å².